The van der Waals surface area contributed by atoms with Gasteiger partial charge >= 0.3 is 0 Å². The molecule has 0 spiro atoms. The van der Waals surface area contributed by atoms with Gasteiger partial charge in [-0.2, -0.15) is 0 Å². The first kappa shape index (κ1) is 8.57. The van der Waals surface area contributed by atoms with E-state index in [1.165, 1.54) is 16.8 Å². The van der Waals surface area contributed by atoms with Gasteiger partial charge in [0.2, 0.25) is 0 Å². The summed E-state index contributed by atoms with van der Waals surface area (Å²) < 4.78 is 0. The molecular weight excluding hydrogens is 162 g/mol. The predicted octanol–water partition coefficient (Wildman–Crippen LogP) is 1.58. The molecule has 0 aliphatic carbocycles. The molecular formula is C11H15NO. The van der Waals surface area contributed by atoms with Crippen molar-refractivity contribution in [2.24, 2.45) is 0 Å². The van der Waals surface area contributed by atoms with Crippen molar-refractivity contribution < 1.29 is 5.11 Å². The zero-order valence-electron chi connectivity index (χ0n) is 7.88. The number of aryl methyl sites for hydroxylation is 1. The van der Waals surface area contributed by atoms with Crippen molar-refractivity contribution in [3.63, 3.8) is 0 Å². The van der Waals surface area contributed by atoms with Crippen molar-refractivity contribution in [1.29, 1.82) is 0 Å². The first-order valence-corrected chi connectivity index (χ1v) is 4.83. The van der Waals surface area contributed by atoms with Gasteiger partial charge in [-0.05, 0) is 23.6 Å². The first-order valence-electron chi connectivity index (χ1n) is 4.83. The highest BCUT2D eigenvalue weighted by molar-refractivity contribution is 5.54. The van der Waals surface area contributed by atoms with E-state index in [9.17, 15) is 5.11 Å². The normalized spacial score (nSPS) is 20.6. The molecule has 0 fully saturated rings. The predicted molar refractivity (Wildman–Crippen MR) is 54.0 cm³/mol. The molecule has 0 saturated heterocycles. The second kappa shape index (κ2) is 3.38. The summed E-state index contributed by atoms with van der Waals surface area (Å²) in [5.74, 6) is 0. The SMILES string of the molecule is CCc1ccc2c(c1)C[C@@H](O)CN2. The number of benzene rings is 1. The van der Waals surface area contributed by atoms with E-state index in [0.717, 1.165) is 12.8 Å². The monoisotopic (exact) mass is 177 g/mol. The number of β-amino-alcohol motifs (C(OH)–C–C–N with tert-alkyl or cyclic N) is 1. The lowest BCUT2D eigenvalue weighted by Crippen LogP contribution is -2.27. The van der Waals surface area contributed by atoms with Crippen molar-refractivity contribution in [3.05, 3.63) is 29.3 Å². The summed E-state index contributed by atoms with van der Waals surface area (Å²) in [4.78, 5) is 0. The Morgan fingerprint density at radius 1 is 1.54 bits per heavy atom. The minimum Gasteiger partial charge on any atom is -0.391 e. The molecule has 0 amide bonds. The molecule has 1 aliphatic heterocycles. The van der Waals surface area contributed by atoms with Crippen LogP contribution in [-0.4, -0.2) is 17.8 Å². The van der Waals surface area contributed by atoms with Gasteiger partial charge in [0.25, 0.3) is 0 Å². The summed E-state index contributed by atoms with van der Waals surface area (Å²) in [5.41, 5.74) is 3.77. The average molecular weight is 177 g/mol. The molecule has 1 aromatic carbocycles. The molecule has 1 heterocycles. The fourth-order valence-corrected chi connectivity index (χ4v) is 1.76. The lowest BCUT2D eigenvalue weighted by molar-refractivity contribution is 0.184. The highest BCUT2D eigenvalue weighted by Crippen LogP contribution is 2.23. The summed E-state index contributed by atoms with van der Waals surface area (Å²) >= 11 is 0. The first-order chi connectivity index (χ1) is 6.29. The molecule has 2 rings (SSSR count). The largest absolute Gasteiger partial charge is 0.391 e. The fraction of sp³-hybridized carbons (Fsp3) is 0.455. The Hall–Kier alpha value is -1.02. The quantitative estimate of drug-likeness (QED) is 0.682. The van der Waals surface area contributed by atoms with Gasteiger partial charge in [-0.3, -0.25) is 0 Å². The lowest BCUT2D eigenvalue weighted by Gasteiger charge is -2.22. The molecule has 0 aromatic heterocycles. The Bertz CT molecular complexity index is 309. The Morgan fingerprint density at radius 3 is 3.15 bits per heavy atom. The zero-order chi connectivity index (χ0) is 9.26. The standard InChI is InChI=1S/C11H15NO/c1-2-8-3-4-11-9(5-8)6-10(13)7-12-11/h3-5,10,12-13H,2,6-7H2,1H3/t10-/m1/s1. The van der Waals surface area contributed by atoms with E-state index in [1.807, 2.05) is 0 Å². The number of aliphatic hydroxyl groups excluding tert-OH is 1. The van der Waals surface area contributed by atoms with Crippen LogP contribution in [-0.2, 0) is 12.8 Å². The molecule has 13 heavy (non-hydrogen) atoms. The van der Waals surface area contributed by atoms with Crippen molar-refractivity contribution in [1.82, 2.24) is 0 Å². The zero-order valence-corrected chi connectivity index (χ0v) is 7.88. The summed E-state index contributed by atoms with van der Waals surface area (Å²) in [6, 6.07) is 6.44. The number of aliphatic hydroxyl groups is 1. The van der Waals surface area contributed by atoms with Crippen molar-refractivity contribution in [2.45, 2.75) is 25.9 Å². The maximum atomic E-state index is 9.46. The second-order valence-electron chi connectivity index (χ2n) is 3.58. The van der Waals surface area contributed by atoms with Gasteiger partial charge in [0.05, 0.1) is 6.10 Å². The van der Waals surface area contributed by atoms with Gasteiger partial charge in [0.1, 0.15) is 0 Å². The smallest absolute Gasteiger partial charge is 0.0753 e. The lowest BCUT2D eigenvalue weighted by atomic mass is 9.98. The van der Waals surface area contributed by atoms with Crippen LogP contribution in [0.15, 0.2) is 18.2 Å². The topological polar surface area (TPSA) is 32.3 Å². The second-order valence-corrected chi connectivity index (χ2v) is 3.58. The van der Waals surface area contributed by atoms with E-state index in [2.05, 4.69) is 30.4 Å². The van der Waals surface area contributed by atoms with E-state index < -0.39 is 0 Å². The van der Waals surface area contributed by atoms with E-state index in [4.69, 9.17) is 0 Å². The van der Waals surface area contributed by atoms with Gasteiger partial charge in [0, 0.05) is 18.7 Å². The molecule has 2 N–H and O–H groups in total. The molecule has 1 aromatic rings. The highest BCUT2D eigenvalue weighted by Gasteiger charge is 2.15. The summed E-state index contributed by atoms with van der Waals surface area (Å²) in [6.45, 7) is 2.83. The molecule has 0 saturated carbocycles. The highest BCUT2D eigenvalue weighted by atomic mass is 16.3. The van der Waals surface area contributed by atoms with Gasteiger partial charge in [-0.25, -0.2) is 0 Å². The molecule has 2 heteroatoms. The molecule has 1 atom stereocenters. The average Bonchev–Trinajstić information content (AvgIpc) is 2.16. The summed E-state index contributed by atoms with van der Waals surface area (Å²) in [7, 11) is 0. The Balaban J connectivity index is 2.32. The van der Waals surface area contributed by atoms with E-state index in [0.29, 0.717) is 6.54 Å². The van der Waals surface area contributed by atoms with Crippen molar-refractivity contribution in [3.8, 4) is 0 Å². The minimum absolute atomic E-state index is 0.223. The van der Waals surface area contributed by atoms with Gasteiger partial charge < -0.3 is 10.4 Å². The third-order valence-electron chi connectivity index (χ3n) is 2.56. The van der Waals surface area contributed by atoms with Gasteiger partial charge in [-0.1, -0.05) is 19.1 Å². The van der Waals surface area contributed by atoms with Crippen LogP contribution in [0.25, 0.3) is 0 Å². The third kappa shape index (κ3) is 1.68. The Labute approximate surface area is 78.6 Å². The van der Waals surface area contributed by atoms with Crippen molar-refractivity contribution >= 4 is 5.69 Å². The number of hydrogen-bond acceptors (Lipinski definition) is 2. The molecule has 70 valence electrons. The van der Waals surface area contributed by atoms with Crippen LogP contribution in [0.1, 0.15) is 18.1 Å². The summed E-state index contributed by atoms with van der Waals surface area (Å²) in [6.07, 6.45) is 1.62. The number of hydrogen-bond donors (Lipinski definition) is 2. The minimum atomic E-state index is -0.223. The Kier molecular flexibility index (Phi) is 2.23. The van der Waals surface area contributed by atoms with Gasteiger partial charge in [-0.15, -0.1) is 0 Å². The molecule has 1 aliphatic rings. The summed E-state index contributed by atoms with van der Waals surface area (Å²) in [5, 5.41) is 12.7. The van der Waals surface area contributed by atoms with Gasteiger partial charge in [0.15, 0.2) is 0 Å². The number of anilines is 1. The molecule has 0 unspecified atom stereocenters. The van der Waals surface area contributed by atoms with Crippen LogP contribution in [0.3, 0.4) is 0 Å². The van der Waals surface area contributed by atoms with Crippen LogP contribution in [0, 0.1) is 0 Å². The maximum Gasteiger partial charge on any atom is 0.0753 e. The third-order valence-corrected chi connectivity index (χ3v) is 2.56. The van der Waals surface area contributed by atoms with E-state index >= 15 is 0 Å². The van der Waals surface area contributed by atoms with Crippen LogP contribution in [0.4, 0.5) is 5.69 Å². The van der Waals surface area contributed by atoms with Crippen LogP contribution < -0.4 is 5.32 Å². The fourth-order valence-electron chi connectivity index (χ4n) is 1.76. The maximum absolute atomic E-state index is 9.46. The Morgan fingerprint density at radius 2 is 2.38 bits per heavy atom. The van der Waals surface area contributed by atoms with E-state index in [-0.39, 0.29) is 6.10 Å². The van der Waals surface area contributed by atoms with Crippen LogP contribution in [0.5, 0.6) is 0 Å². The van der Waals surface area contributed by atoms with Crippen LogP contribution in [0.2, 0.25) is 0 Å². The number of nitrogens with one attached hydrogen (secondary N) is 1. The van der Waals surface area contributed by atoms with Crippen molar-refractivity contribution in [2.75, 3.05) is 11.9 Å². The molecule has 2 nitrogen and oxygen atoms in total. The molecule has 0 radical (unpaired) electrons. The molecule has 0 bridgehead atoms. The number of rotatable bonds is 1. The number of fused-ring (bicyclic) bond motifs is 1. The van der Waals surface area contributed by atoms with E-state index in [1.54, 1.807) is 0 Å². The van der Waals surface area contributed by atoms with Crippen LogP contribution >= 0.6 is 0 Å².